The summed E-state index contributed by atoms with van der Waals surface area (Å²) in [6.07, 6.45) is 1.42. The normalized spacial score (nSPS) is 17.0. The number of carbonyl (C=O) groups is 3. The van der Waals surface area contributed by atoms with Crippen LogP contribution < -0.4 is 4.90 Å². The molecule has 0 spiro atoms. The van der Waals surface area contributed by atoms with E-state index in [-0.39, 0.29) is 27.8 Å². The zero-order valence-electron chi connectivity index (χ0n) is 18.3. The summed E-state index contributed by atoms with van der Waals surface area (Å²) in [5, 5.41) is 11.5. The van der Waals surface area contributed by atoms with E-state index in [2.05, 4.69) is 11.6 Å². The number of aliphatic hydroxyl groups is 1. The minimum Gasteiger partial charge on any atom is -0.507 e. The number of hydrogen-bond donors (Lipinski definition) is 1. The van der Waals surface area contributed by atoms with Crippen LogP contribution in [0.25, 0.3) is 5.76 Å². The molecule has 0 bridgehead atoms. The fraction of sp³-hybridized carbons (Fsp3) is 0.120. The number of hydrogen-bond acceptors (Lipinski definition) is 7. The van der Waals surface area contributed by atoms with Crippen LogP contribution in [0.5, 0.6) is 0 Å². The molecule has 1 saturated heterocycles. The standard InChI is InChI=1S/C25H18ClFN2O5S/c1-3-12-34-24(33)22-13(2)28-25(35-22)29-19(14-6-10-17(27)11-7-14)18(21(31)23(29)32)20(30)15-4-8-16(26)9-5-15/h3-11,19,30H,1,12H2,2H3/b20-18+. The minimum absolute atomic E-state index is 0.00725. The lowest BCUT2D eigenvalue weighted by Gasteiger charge is -2.23. The maximum Gasteiger partial charge on any atom is 0.350 e. The van der Waals surface area contributed by atoms with Crippen LogP contribution in [0.4, 0.5) is 9.52 Å². The van der Waals surface area contributed by atoms with Crippen LogP contribution >= 0.6 is 22.9 Å². The van der Waals surface area contributed by atoms with Crippen LogP contribution in [0, 0.1) is 12.7 Å². The first-order valence-corrected chi connectivity index (χ1v) is 11.5. The first kappa shape index (κ1) is 24.3. The van der Waals surface area contributed by atoms with Gasteiger partial charge in [-0.15, -0.1) is 0 Å². The second kappa shape index (κ2) is 9.81. The second-order valence-electron chi connectivity index (χ2n) is 7.53. The number of ketones is 1. The molecular weight excluding hydrogens is 495 g/mol. The largest absolute Gasteiger partial charge is 0.507 e. The van der Waals surface area contributed by atoms with E-state index < -0.39 is 35.3 Å². The van der Waals surface area contributed by atoms with E-state index >= 15 is 0 Å². The first-order chi connectivity index (χ1) is 16.7. The summed E-state index contributed by atoms with van der Waals surface area (Å²) in [6.45, 7) is 5.06. The van der Waals surface area contributed by atoms with E-state index in [1.54, 1.807) is 6.92 Å². The highest BCUT2D eigenvalue weighted by molar-refractivity contribution is 7.17. The predicted molar refractivity (Wildman–Crippen MR) is 130 cm³/mol. The van der Waals surface area contributed by atoms with Crippen LogP contribution in [0.2, 0.25) is 5.02 Å². The molecule has 0 aliphatic carbocycles. The SMILES string of the molecule is C=CCOC(=O)c1sc(N2C(=O)C(=O)/C(=C(/O)c3ccc(Cl)cc3)C2c2ccc(F)cc2)nc1C. The number of halogens is 2. The molecule has 1 aromatic heterocycles. The van der Waals surface area contributed by atoms with E-state index in [0.717, 1.165) is 16.2 Å². The number of ether oxygens (including phenoxy) is 1. The van der Waals surface area contributed by atoms with Gasteiger partial charge in [-0.1, -0.05) is 47.7 Å². The minimum atomic E-state index is -1.12. The molecule has 35 heavy (non-hydrogen) atoms. The van der Waals surface area contributed by atoms with Gasteiger partial charge >= 0.3 is 11.9 Å². The molecule has 1 N–H and O–H groups in total. The summed E-state index contributed by atoms with van der Waals surface area (Å²) in [5.74, 6) is -3.48. The summed E-state index contributed by atoms with van der Waals surface area (Å²) < 4.78 is 18.7. The van der Waals surface area contributed by atoms with E-state index in [0.29, 0.717) is 16.3 Å². The van der Waals surface area contributed by atoms with Crippen LogP contribution in [0.15, 0.2) is 66.8 Å². The van der Waals surface area contributed by atoms with Crippen molar-refractivity contribution in [2.24, 2.45) is 0 Å². The topological polar surface area (TPSA) is 96.8 Å². The molecule has 0 saturated carbocycles. The monoisotopic (exact) mass is 512 g/mol. The maximum absolute atomic E-state index is 13.7. The zero-order chi connectivity index (χ0) is 25.3. The summed E-state index contributed by atoms with van der Waals surface area (Å²) in [7, 11) is 0. The number of benzene rings is 2. The molecule has 0 radical (unpaired) electrons. The van der Waals surface area contributed by atoms with Crippen molar-refractivity contribution in [3.63, 3.8) is 0 Å². The van der Waals surface area contributed by atoms with Gasteiger partial charge in [0.05, 0.1) is 17.3 Å². The van der Waals surface area contributed by atoms with Crippen LogP contribution in [0.1, 0.15) is 32.5 Å². The van der Waals surface area contributed by atoms with Crippen molar-refractivity contribution in [3.8, 4) is 0 Å². The third-order valence-corrected chi connectivity index (χ3v) is 6.65. The fourth-order valence-electron chi connectivity index (χ4n) is 3.63. The fourth-order valence-corrected chi connectivity index (χ4v) is 4.74. The van der Waals surface area contributed by atoms with Gasteiger partial charge in [-0.05, 0) is 48.9 Å². The van der Waals surface area contributed by atoms with Gasteiger partial charge in [-0.25, -0.2) is 14.2 Å². The number of esters is 1. The van der Waals surface area contributed by atoms with Gasteiger partial charge in [0.15, 0.2) is 5.13 Å². The molecule has 3 aromatic rings. The third kappa shape index (κ3) is 4.60. The molecule has 1 unspecified atom stereocenters. The van der Waals surface area contributed by atoms with Gasteiger partial charge < -0.3 is 9.84 Å². The molecule has 178 valence electrons. The van der Waals surface area contributed by atoms with E-state index in [1.165, 1.54) is 54.6 Å². The van der Waals surface area contributed by atoms with Gasteiger partial charge in [0, 0.05) is 10.6 Å². The van der Waals surface area contributed by atoms with Crippen molar-refractivity contribution < 1.29 is 28.6 Å². The summed E-state index contributed by atoms with van der Waals surface area (Å²) in [5.41, 5.74) is 0.734. The molecule has 2 heterocycles. The van der Waals surface area contributed by atoms with Crippen molar-refractivity contribution in [2.75, 3.05) is 11.5 Å². The lowest BCUT2D eigenvalue weighted by molar-refractivity contribution is -0.132. The highest BCUT2D eigenvalue weighted by atomic mass is 35.5. The number of Topliss-reactive ketones (excluding diaryl/α,β-unsaturated/α-hetero) is 1. The van der Waals surface area contributed by atoms with Crippen molar-refractivity contribution >= 4 is 51.5 Å². The Hall–Kier alpha value is -3.82. The van der Waals surface area contributed by atoms with Gasteiger partial charge in [0.2, 0.25) is 0 Å². The molecule has 1 amide bonds. The number of anilines is 1. The summed E-state index contributed by atoms with van der Waals surface area (Å²) in [6, 6.07) is 10.2. The first-order valence-electron chi connectivity index (χ1n) is 10.3. The Balaban J connectivity index is 1.88. The Morgan fingerprint density at radius 1 is 1.23 bits per heavy atom. The predicted octanol–water partition coefficient (Wildman–Crippen LogP) is 5.21. The Labute approximate surface area is 208 Å². The molecule has 1 aliphatic rings. The summed E-state index contributed by atoms with van der Waals surface area (Å²) >= 11 is 6.80. The van der Waals surface area contributed by atoms with Gasteiger partial charge in [0.1, 0.15) is 23.1 Å². The average Bonchev–Trinajstić information content (AvgIpc) is 3.35. The number of rotatable bonds is 6. The van der Waals surface area contributed by atoms with Gasteiger partial charge in [-0.3, -0.25) is 14.5 Å². The Bertz CT molecular complexity index is 1370. The molecule has 4 rings (SSSR count). The molecule has 2 aromatic carbocycles. The molecule has 1 aliphatic heterocycles. The maximum atomic E-state index is 13.7. The van der Waals surface area contributed by atoms with Gasteiger partial charge in [-0.2, -0.15) is 0 Å². The lowest BCUT2D eigenvalue weighted by Crippen LogP contribution is -2.29. The third-order valence-electron chi connectivity index (χ3n) is 5.26. The van der Waals surface area contributed by atoms with Gasteiger partial charge in [0.25, 0.3) is 5.78 Å². The molecule has 7 nitrogen and oxygen atoms in total. The number of aryl methyl sites for hydroxylation is 1. The van der Waals surface area contributed by atoms with Crippen LogP contribution in [-0.2, 0) is 14.3 Å². The molecule has 1 atom stereocenters. The molecule has 10 heteroatoms. The quantitative estimate of drug-likeness (QED) is 0.160. The zero-order valence-corrected chi connectivity index (χ0v) is 19.9. The van der Waals surface area contributed by atoms with Crippen molar-refractivity contribution in [2.45, 2.75) is 13.0 Å². The van der Waals surface area contributed by atoms with Crippen molar-refractivity contribution in [1.29, 1.82) is 0 Å². The average molecular weight is 513 g/mol. The van der Waals surface area contributed by atoms with Crippen molar-refractivity contribution in [1.82, 2.24) is 4.98 Å². The highest BCUT2D eigenvalue weighted by Crippen LogP contribution is 2.44. The number of nitrogens with zero attached hydrogens (tertiary/aromatic N) is 2. The number of thiazole rings is 1. The second-order valence-corrected chi connectivity index (χ2v) is 8.94. The van der Waals surface area contributed by atoms with Crippen LogP contribution in [-0.4, -0.2) is 34.4 Å². The van der Waals surface area contributed by atoms with E-state index in [1.807, 2.05) is 0 Å². The number of amides is 1. The number of aromatic nitrogens is 1. The smallest absolute Gasteiger partial charge is 0.350 e. The molecule has 1 fully saturated rings. The number of aliphatic hydroxyl groups excluding tert-OH is 1. The number of carbonyl (C=O) groups excluding carboxylic acids is 3. The Morgan fingerprint density at radius 3 is 2.51 bits per heavy atom. The lowest BCUT2D eigenvalue weighted by atomic mass is 9.95. The Kier molecular flexibility index (Phi) is 6.81. The van der Waals surface area contributed by atoms with E-state index in [9.17, 15) is 23.9 Å². The van der Waals surface area contributed by atoms with Crippen molar-refractivity contribution in [3.05, 3.63) is 99.3 Å². The highest BCUT2D eigenvalue weighted by Gasteiger charge is 2.48. The van der Waals surface area contributed by atoms with Crippen LogP contribution in [0.3, 0.4) is 0 Å². The van der Waals surface area contributed by atoms with E-state index in [4.69, 9.17) is 16.3 Å². The molecular formula is C25H18ClFN2O5S. The summed E-state index contributed by atoms with van der Waals surface area (Å²) in [4.78, 5) is 44.3. The Morgan fingerprint density at radius 2 is 1.89 bits per heavy atom.